The lowest BCUT2D eigenvalue weighted by molar-refractivity contribution is -0.145. The molecule has 0 bridgehead atoms. The van der Waals surface area contributed by atoms with Gasteiger partial charge in [0.05, 0.1) is 5.56 Å². The summed E-state index contributed by atoms with van der Waals surface area (Å²) >= 11 is 1.24. The lowest BCUT2D eigenvalue weighted by atomic mass is 9.81. The van der Waals surface area contributed by atoms with Gasteiger partial charge in [0.2, 0.25) is 23.7 Å². The van der Waals surface area contributed by atoms with Crippen molar-refractivity contribution in [1.82, 2.24) is 29.9 Å². The van der Waals surface area contributed by atoms with Crippen LogP contribution in [0.1, 0.15) is 58.9 Å². The zero-order chi connectivity index (χ0) is 29.8. The molecule has 42 heavy (non-hydrogen) atoms. The highest BCUT2D eigenvalue weighted by molar-refractivity contribution is 7.17. The van der Waals surface area contributed by atoms with Crippen LogP contribution in [0.2, 0.25) is 0 Å². The van der Waals surface area contributed by atoms with Crippen molar-refractivity contribution in [3.05, 3.63) is 28.4 Å². The van der Waals surface area contributed by atoms with Gasteiger partial charge in [0.1, 0.15) is 23.3 Å². The maximum absolute atomic E-state index is 13.4. The Labute approximate surface area is 239 Å². The summed E-state index contributed by atoms with van der Waals surface area (Å²) in [4.78, 5) is 27.1. The van der Waals surface area contributed by atoms with Gasteiger partial charge in [-0.05, 0) is 37.7 Å². The highest BCUT2D eigenvalue weighted by Crippen LogP contribution is 2.45. The molecule has 6 rings (SSSR count). The number of carbonyl (C=O) groups excluding carboxylic acids is 2. The number of nitrogens with zero attached hydrogens (tertiary/aromatic N) is 5. The molecule has 0 aliphatic heterocycles. The summed E-state index contributed by atoms with van der Waals surface area (Å²) in [6.07, 6.45) is 1.39. The Balaban J connectivity index is 1.24. The summed E-state index contributed by atoms with van der Waals surface area (Å²) < 4.78 is 72.9. The number of rotatable bonds is 9. The van der Waals surface area contributed by atoms with Crippen LogP contribution in [0.25, 0.3) is 0 Å². The van der Waals surface area contributed by atoms with E-state index in [2.05, 4.69) is 36.0 Å². The number of anilines is 3. The van der Waals surface area contributed by atoms with E-state index in [0.29, 0.717) is 36.6 Å². The van der Waals surface area contributed by atoms with Crippen molar-refractivity contribution in [2.45, 2.75) is 75.7 Å². The van der Waals surface area contributed by atoms with E-state index in [4.69, 9.17) is 0 Å². The summed E-state index contributed by atoms with van der Waals surface area (Å²) in [5.74, 6) is -4.37. The SMILES string of the molecule is Cn1nc(OC(F)F)cc1Nc1nncn1[C@H]1CCc2sc(NC(=O)C3CC(F)(F)C3)c(C(=O)NC3CC(F)C3)c2C1. The van der Waals surface area contributed by atoms with E-state index in [-0.39, 0.29) is 41.4 Å². The minimum Gasteiger partial charge on any atom is -0.415 e. The van der Waals surface area contributed by atoms with Crippen molar-refractivity contribution in [1.29, 1.82) is 0 Å². The molecule has 3 aromatic heterocycles. The number of hydrogen-bond acceptors (Lipinski definition) is 8. The van der Waals surface area contributed by atoms with Crippen LogP contribution in [0.5, 0.6) is 5.88 Å². The van der Waals surface area contributed by atoms with Crippen LogP contribution < -0.4 is 20.7 Å². The van der Waals surface area contributed by atoms with Gasteiger partial charge in [-0.1, -0.05) is 0 Å². The van der Waals surface area contributed by atoms with Crippen molar-refractivity contribution in [3.63, 3.8) is 0 Å². The Kier molecular flexibility index (Phi) is 7.31. The van der Waals surface area contributed by atoms with Gasteiger partial charge in [-0.25, -0.2) is 17.9 Å². The second-order valence-electron chi connectivity index (χ2n) is 10.9. The molecule has 2 fully saturated rings. The van der Waals surface area contributed by atoms with Crippen LogP contribution in [-0.2, 0) is 24.7 Å². The van der Waals surface area contributed by atoms with Gasteiger partial charge in [0.25, 0.3) is 5.91 Å². The number of ether oxygens (including phenoxy) is 1. The van der Waals surface area contributed by atoms with Crippen molar-refractivity contribution >= 4 is 39.9 Å². The average molecular weight is 615 g/mol. The third kappa shape index (κ3) is 5.65. The Hall–Kier alpha value is -3.76. The molecule has 0 unspecified atom stereocenters. The molecule has 17 heteroatoms. The fraction of sp³-hybridized carbons (Fsp3) is 0.560. The van der Waals surface area contributed by atoms with Crippen LogP contribution in [0.15, 0.2) is 12.4 Å². The lowest BCUT2D eigenvalue weighted by Gasteiger charge is -2.33. The molecule has 0 saturated heterocycles. The zero-order valence-electron chi connectivity index (χ0n) is 22.3. The second kappa shape index (κ2) is 10.8. The predicted octanol–water partition coefficient (Wildman–Crippen LogP) is 4.36. The van der Waals surface area contributed by atoms with E-state index in [0.717, 1.165) is 4.88 Å². The first kappa shape index (κ1) is 28.4. The number of alkyl halides is 5. The van der Waals surface area contributed by atoms with E-state index < -0.39 is 49.3 Å². The van der Waals surface area contributed by atoms with Gasteiger partial charge < -0.3 is 20.7 Å². The van der Waals surface area contributed by atoms with Crippen LogP contribution in [0.3, 0.4) is 0 Å². The Morgan fingerprint density at radius 2 is 2.00 bits per heavy atom. The molecule has 0 spiro atoms. The number of thiophene rings is 1. The van der Waals surface area contributed by atoms with E-state index in [1.165, 1.54) is 35.5 Å². The van der Waals surface area contributed by atoms with Gasteiger partial charge >= 0.3 is 6.61 Å². The minimum atomic E-state index is -3.03. The highest BCUT2D eigenvalue weighted by Gasteiger charge is 2.49. The van der Waals surface area contributed by atoms with E-state index in [1.807, 2.05) is 0 Å². The molecule has 226 valence electrons. The highest BCUT2D eigenvalue weighted by atomic mass is 32.1. The molecule has 2 saturated carbocycles. The summed E-state index contributed by atoms with van der Waals surface area (Å²) in [5.41, 5.74) is 0.955. The molecule has 3 aliphatic carbocycles. The summed E-state index contributed by atoms with van der Waals surface area (Å²) in [6, 6.07) is 0.734. The normalized spacial score (nSPS) is 23.1. The maximum Gasteiger partial charge on any atom is 0.388 e. The molecule has 3 heterocycles. The van der Waals surface area contributed by atoms with Crippen LogP contribution in [0, 0.1) is 5.92 Å². The predicted molar refractivity (Wildman–Crippen MR) is 140 cm³/mol. The Morgan fingerprint density at radius 1 is 1.24 bits per heavy atom. The van der Waals surface area contributed by atoms with Gasteiger partial charge in [-0.15, -0.1) is 26.6 Å². The molecule has 0 aromatic carbocycles. The number of hydrogen-bond donors (Lipinski definition) is 3. The number of halogens is 5. The summed E-state index contributed by atoms with van der Waals surface area (Å²) in [6.45, 7) is -3.03. The van der Waals surface area contributed by atoms with Crippen LogP contribution in [-0.4, -0.2) is 61.1 Å². The third-order valence-electron chi connectivity index (χ3n) is 7.85. The van der Waals surface area contributed by atoms with Crippen molar-refractivity contribution in [2.24, 2.45) is 13.0 Å². The molecule has 11 nitrogen and oxygen atoms in total. The van der Waals surface area contributed by atoms with Crippen molar-refractivity contribution in [3.8, 4) is 5.88 Å². The third-order valence-corrected chi connectivity index (χ3v) is 9.06. The van der Waals surface area contributed by atoms with Gasteiger partial charge in [-0.2, -0.15) is 8.78 Å². The first-order chi connectivity index (χ1) is 20.0. The Morgan fingerprint density at radius 3 is 2.69 bits per heavy atom. The largest absolute Gasteiger partial charge is 0.415 e. The first-order valence-electron chi connectivity index (χ1n) is 13.4. The summed E-state index contributed by atoms with van der Waals surface area (Å²) in [7, 11) is 1.54. The summed E-state index contributed by atoms with van der Waals surface area (Å²) in [5, 5.41) is 20.8. The van der Waals surface area contributed by atoms with E-state index in [1.54, 1.807) is 4.57 Å². The zero-order valence-corrected chi connectivity index (χ0v) is 23.1. The lowest BCUT2D eigenvalue weighted by Crippen LogP contribution is -2.45. The number of nitrogens with one attached hydrogen (secondary N) is 3. The monoisotopic (exact) mass is 614 g/mol. The quantitative estimate of drug-likeness (QED) is 0.306. The Bertz CT molecular complexity index is 1490. The van der Waals surface area contributed by atoms with Gasteiger partial charge in [-0.3, -0.25) is 14.2 Å². The molecule has 3 aliphatic rings. The van der Waals surface area contributed by atoms with Crippen molar-refractivity contribution < 1.29 is 36.3 Å². The standard InChI is InChI=1S/C25H27F5N8O3S/c1-37-17(7-18(36-37)41-23(27)28)33-24-35-31-10-38(24)14-2-3-16-15(6-14)19(21(40)32-13-4-12(26)5-13)22(42-16)34-20(39)11-8-25(29,30)9-11/h7,10-14,23H,2-6,8-9H2,1H3,(H,32,40)(H,33,35)(H,34,39)/t12?,13?,14-/m0/s1. The molecule has 3 N–H and O–H groups in total. The molecule has 1 atom stereocenters. The van der Waals surface area contributed by atoms with E-state index >= 15 is 0 Å². The maximum atomic E-state index is 13.4. The molecule has 3 aromatic rings. The first-order valence-corrected chi connectivity index (χ1v) is 14.2. The van der Waals surface area contributed by atoms with Crippen LogP contribution >= 0.6 is 11.3 Å². The fourth-order valence-corrected chi connectivity index (χ4v) is 6.78. The number of aryl methyl sites for hydroxylation is 2. The number of amides is 2. The van der Waals surface area contributed by atoms with Crippen LogP contribution in [0.4, 0.5) is 38.7 Å². The number of aromatic nitrogens is 5. The number of fused-ring (bicyclic) bond motifs is 1. The van der Waals surface area contributed by atoms with Gasteiger partial charge in [0, 0.05) is 48.8 Å². The number of carbonyl (C=O) groups is 2. The molecular formula is C25H27F5N8O3S. The van der Waals surface area contributed by atoms with E-state index in [9.17, 15) is 31.5 Å². The van der Waals surface area contributed by atoms with Crippen molar-refractivity contribution in [2.75, 3.05) is 10.6 Å². The fourth-order valence-electron chi connectivity index (χ4n) is 5.54. The minimum absolute atomic E-state index is 0.202. The molecular weight excluding hydrogens is 587 g/mol. The smallest absolute Gasteiger partial charge is 0.388 e. The topological polar surface area (TPSA) is 128 Å². The van der Waals surface area contributed by atoms with Gasteiger partial charge in [0.15, 0.2) is 0 Å². The molecule has 2 amide bonds. The average Bonchev–Trinajstić information content (AvgIpc) is 3.57. The molecule has 0 radical (unpaired) electrons. The second-order valence-corrected chi connectivity index (χ2v) is 12.0.